The molecule has 47 heavy (non-hydrogen) atoms. The number of imidazole rings is 3. The Balaban J connectivity index is 1.13. The van der Waals surface area contributed by atoms with Crippen molar-refractivity contribution in [2.75, 3.05) is 18.9 Å². The number of nitrogens with zero attached hydrogens (tertiary/aromatic N) is 8. The van der Waals surface area contributed by atoms with Gasteiger partial charge in [0, 0.05) is 12.4 Å². The van der Waals surface area contributed by atoms with Gasteiger partial charge in [0.25, 0.3) is 5.56 Å². The van der Waals surface area contributed by atoms with Gasteiger partial charge in [-0.05, 0) is 23.6 Å². The molecule has 25 heteroatoms. The number of aliphatic hydroxyl groups is 1. The number of nitrogen functional groups attached to an aromatic ring is 1. The third kappa shape index (κ3) is 5.31. The van der Waals surface area contributed by atoms with Crippen LogP contribution in [0.4, 0.5) is 10.2 Å². The molecule has 3 fully saturated rings. The van der Waals surface area contributed by atoms with Crippen LogP contribution in [0.15, 0.2) is 36.2 Å². The van der Waals surface area contributed by atoms with Crippen LogP contribution in [-0.4, -0.2) is 108 Å². The van der Waals surface area contributed by atoms with Crippen LogP contribution < -0.4 is 11.3 Å². The molecule has 3 saturated heterocycles. The summed E-state index contributed by atoms with van der Waals surface area (Å²) in [6, 6.07) is 0. The van der Waals surface area contributed by atoms with Gasteiger partial charge in [0.15, 0.2) is 41.3 Å². The van der Waals surface area contributed by atoms with Gasteiger partial charge >= 0.3 is 13.4 Å². The van der Waals surface area contributed by atoms with Gasteiger partial charge in [-0.1, -0.05) is 0 Å². The zero-order chi connectivity index (χ0) is 32.8. The van der Waals surface area contributed by atoms with Crippen molar-refractivity contribution in [3.8, 4) is 0 Å². The zero-order valence-electron chi connectivity index (χ0n) is 23.4. The van der Waals surface area contributed by atoms with Crippen LogP contribution in [0.25, 0.3) is 28.1 Å². The number of nitrogens with two attached hydrogens (primary N) is 1. The second-order valence-electron chi connectivity index (χ2n) is 10.7. The summed E-state index contributed by atoms with van der Waals surface area (Å²) in [6.45, 7) is -9.70. The average molecular weight is 733 g/mol. The predicted octanol–water partition coefficient (Wildman–Crippen LogP) is -0.461. The van der Waals surface area contributed by atoms with E-state index in [9.17, 15) is 19.7 Å². The molecule has 3 aliphatic heterocycles. The van der Waals surface area contributed by atoms with E-state index >= 15 is 4.39 Å². The number of fused-ring (bicyclic) bond motifs is 7. The van der Waals surface area contributed by atoms with Crippen molar-refractivity contribution in [1.82, 2.24) is 43.4 Å². The number of anilines is 1. The molecule has 0 amide bonds. The van der Waals surface area contributed by atoms with Crippen molar-refractivity contribution in [1.29, 1.82) is 0 Å². The Morgan fingerprint density at radius 1 is 0.936 bits per heavy atom. The quantitative estimate of drug-likeness (QED) is 0.144. The van der Waals surface area contributed by atoms with Gasteiger partial charge in [-0.2, -0.15) is 0 Å². The van der Waals surface area contributed by atoms with Gasteiger partial charge < -0.3 is 39.1 Å². The standard InChI is InChI=1S/C22H23FN10O10P2S2/c23-10-14-9(41-20(10)32-6-28-11-16(24)26-5-27-17(11)32)4-39-45(37,47)43-15-13(34)8(3-38-44(36,46)42-14)40-21(15)33-7-29-12-18(35)30-22-25-1-2-31(22)19(12)33/h1-2,5-10,13-15,20-21,34H,3-4H2,(H,36,46)(H,37,47)(H2,24,26,27)(H,25,30,35)/t8-,9-,10-,13-,14-,15-,20-,21-,44?,45?/m1/s1. The average Bonchev–Trinajstić information content (AvgIpc) is 3.84. The van der Waals surface area contributed by atoms with Crippen LogP contribution in [0.2, 0.25) is 0 Å². The fourth-order valence-electron chi connectivity index (χ4n) is 5.80. The maximum Gasteiger partial charge on any atom is 0.325 e. The molecule has 10 atom stereocenters. The third-order valence-electron chi connectivity index (χ3n) is 7.91. The highest BCUT2D eigenvalue weighted by Gasteiger charge is 2.53. The van der Waals surface area contributed by atoms with Crippen molar-refractivity contribution < 1.29 is 46.9 Å². The fourth-order valence-corrected chi connectivity index (χ4v) is 8.65. The fraction of sp³-hybridized carbons (Fsp3) is 0.455. The summed E-state index contributed by atoms with van der Waals surface area (Å²) in [4.78, 5) is 57.9. The van der Waals surface area contributed by atoms with E-state index in [0.717, 1.165) is 0 Å². The molecule has 2 bridgehead atoms. The highest BCUT2D eigenvalue weighted by molar-refractivity contribution is 8.07. The monoisotopic (exact) mass is 732 g/mol. The highest BCUT2D eigenvalue weighted by atomic mass is 32.5. The smallest absolute Gasteiger partial charge is 0.325 e. The molecule has 8 heterocycles. The maximum absolute atomic E-state index is 16.1. The Labute approximate surface area is 270 Å². The van der Waals surface area contributed by atoms with Crippen molar-refractivity contribution in [3.05, 3.63) is 41.7 Å². The molecule has 0 aromatic carbocycles. The van der Waals surface area contributed by atoms with E-state index in [4.69, 9.17) is 56.9 Å². The molecule has 20 nitrogen and oxygen atoms in total. The number of nitrogens with one attached hydrogen (secondary N) is 1. The zero-order valence-corrected chi connectivity index (χ0v) is 26.8. The van der Waals surface area contributed by atoms with Crippen molar-refractivity contribution >= 4 is 71.0 Å². The molecule has 250 valence electrons. The molecular formula is C22H23FN10O10P2S2. The summed E-state index contributed by atoms with van der Waals surface area (Å²) in [7, 11) is 0. The minimum atomic E-state index is -4.27. The lowest BCUT2D eigenvalue weighted by Gasteiger charge is -2.28. The lowest BCUT2D eigenvalue weighted by Crippen LogP contribution is -2.35. The SMILES string of the molecule is Nc1ncnc2c1ncn2[C@@H]1O[C@@H]2COP(O)(=S)O[C@@H]3[C@H](O)[C@@H](COP(O)(=S)O[C@H]2[C@H]1F)O[C@H]3n1cnc2c(=O)[nH]c3nccn3c21. The first-order valence-electron chi connectivity index (χ1n) is 13.7. The van der Waals surface area contributed by atoms with E-state index in [-0.39, 0.29) is 33.9 Å². The van der Waals surface area contributed by atoms with E-state index in [1.807, 2.05) is 0 Å². The van der Waals surface area contributed by atoms with Crippen LogP contribution in [-0.2, 0) is 51.2 Å². The first-order chi connectivity index (χ1) is 22.4. The number of halogens is 1. The van der Waals surface area contributed by atoms with Gasteiger partial charge in [0.05, 0.1) is 25.9 Å². The number of alkyl halides is 1. The van der Waals surface area contributed by atoms with E-state index in [1.165, 1.54) is 38.7 Å². The molecule has 6 N–H and O–H groups in total. The minimum absolute atomic E-state index is 0.0139. The molecule has 0 spiro atoms. The van der Waals surface area contributed by atoms with E-state index in [2.05, 4.69) is 29.9 Å². The lowest BCUT2D eigenvalue weighted by molar-refractivity contribution is -0.0602. The molecule has 0 saturated carbocycles. The normalized spacial score (nSPS) is 36.8. The number of aromatic amines is 1. The van der Waals surface area contributed by atoms with Crippen LogP contribution in [0.1, 0.15) is 12.5 Å². The van der Waals surface area contributed by atoms with E-state index < -0.39 is 81.4 Å². The molecule has 8 rings (SSSR count). The topological polar surface area (TPSA) is 254 Å². The highest BCUT2D eigenvalue weighted by Crippen LogP contribution is 2.54. The van der Waals surface area contributed by atoms with Gasteiger partial charge in [0.1, 0.15) is 42.4 Å². The van der Waals surface area contributed by atoms with Crippen molar-refractivity contribution in [2.45, 2.75) is 49.1 Å². The van der Waals surface area contributed by atoms with Crippen molar-refractivity contribution in [3.63, 3.8) is 0 Å². The van der Waals surface area contributed by atoms with Crippen LogP contribution in [0.3, 0.4) is 0 Å². The second-order valence-corrected chi connectivity index (χ2v) is 16.3. The van der Waals surface area contributed by atoms with Crippen molar-refractivity contribution in [2.24, 2.45) is 0 Å². The van der Waals surface area contributed by atoms with Gasteiger partial charge in [0.2, 0.25) is 5.78 Å². The number of aliphatic hydroxyl groups excluding tert-OH is 1. The Bertz CT molecular complexity index is 2180. The molecule has 0 aliphatic carbocycles. The molecule has 5 aromatic rings. The first kappa shape index (κ1) is 31.4. The minimum Gasteiger partial charge on any atom is -0.387 e. The third-order valence-corrected chi connectivity index (χ3v) is 11.0. The van der Waals surface area contributed by atoms with Crippen LogP contribution in [0.5, 0.6) is 0 Å². The molecular weight excluding hydrogens is 709 g/mol. The van der Waals surface area contributed by atoms with Gasteiger partial charge in [-0.3, -0.25) is 32.4 Å². The number of H-pyrrole nitrogens is 1. The summed E-state index contributed by atoms with van der Waals surface area (Å²) >= 11 is 10.5. The van der Waals surface area contributed by atoms with E-state index in [1.54, 1.807) is 6.20 Å². The van der Waals surface area contributed by atoms with Crippen LogP contribution >= 0.6 is 13.4 Å². The van der Waals surface area contributed by atoms with Gasteiger partial charge in [-0.15, -0.1) is 0 Å². The molecule has 5 aromatic heterocycles. The molecule has 3 aliphatic rings. The first-order valence-corrected chi connectivity index (χ1v) is 18.9. The summed E-state index contributed by atoms with van der Waals surface area (Å²) in [5, 5.41) is 11.3. The maximum atomic E-state index is 16.1. The molecule has 2 unspecified atom stereocenters. The summed E-state index contributed by atoms with van der Waals surface area (Å²) in [5.74, 6) is 0.259. The second kappa shape index (κ2) is 11.3. The number of ether oxygens (including phenoxy) is 2. The van der Waals surface area contributed by atoms with Crippen LogP contribution in [0, 0.1) is 0 Å². The number of hydrogen-bond donors (Lipinski definition) is 5. The largest absolute Gasteiger partial charge is 0.387 e. The molecule has 0 radical (unpaired) electrons. The number of hydrogen-bond acceptors (Lipinski definition) is 16. The van der Waals surface area contributed by atoms with Gasteiger partial charge in [-0.25, -0.2) is 29.3 Å². The number of aromatic nitrogens is 9. The Kier molecular flexibility index (Phi) is 7.57. The lowest BCUT2D eigenvalue weighted by atomic mass is 10.1. The Hall–Kier alpha value is -2.89. The summed E-state index contributed by atoms with van der Waals surface area (Å²) in [6.07, 6.45) is -5.13. The summed E-state index contributed by atoms with van der Waals surface area (Å²) in [5.41, 5.74) is 5.92. The Morgan fingerprint density at radius 3 is 2.40 bits per heavy atom. The predicted molar refractivity (Wildman–Crippen MR) is 162 cm³/mol. The Morgan fingerprint density at radius 2 is 1.62 bits per heavy atom. The number of rotatable bonds is 2. The summed E-state index contributed by atoms with van der Waals surface area (Å²) < 4.78 is 54.8. The van der Waals surface area contributed by atoms with E-state index in [0.29, 0.717) is 0 Å².